The maximum absolute atomic E-state index is 10.7. The van der Waals surface area contributed by atoms with Crippen molar-refractivity contribution in [2.45, 2.75) is 51.2 Å². The van der Waals surface area contributed by atoms with Crippen LogP contribution in [0.2, 0.25) is 0 Å². The molecule has 2 aromatic rings. The molecule has 0 bridgehead atoms. The van der Waals surface area contributed by atoms with Gasteiger partial charge in [0.25, 0.3) is 0 Å². The lowest BCUT2D eigenvalue weighted by molar-refractivity contribution is -0.0344. The predicted octanol–water partition coefficient (Wildman–Crippen LogP) is 2.81. The number of furan rings is 1. The molecule has 1 aliphatic rings. The Labute approximate surface area is 137 Å². The zero-order valence-electron chi connectivity index (χ0n) is 14.1. The van der Waals surface area contributed by atoms with Crippen LogP contribution in [0.25, 0.3) is 0 Å². The van der Waals surface area contributed by atoms with Crippen molar-refractivity contribution in [2.24, 2.45) is 0 Å². The van der Waals surface area contributed by atoms with E-state index in [1.54, 1.807) is 12.5 Å². The van der Waals surface area contributed by atoms with Crippen molar-refractivity contribution < 1.29 is 9.52 Å². The first-order chi connectivity index (χ1) is 11.0. The quantitative estimate of drug-likeness (QED) is 0.890. The van der Waals surface area contributed by atoms with Crippen LogP contribution in [-0.4, -0.2) is 44.8 Å². The van der Waals surface area contributed by atoms with E-state index in [1.165, 1.54) is 0 Å². The molecule has 1 aliphatic heterocycles. The van der Waals surface area contributed by atoms with Crippen LogP contribution in [0.1, 0.15) is 43.6 Å². The van der Waals surface area contributed by atoms with Gasteiger partial charge in [0.2, 0.25) is 0 Å². The summed E-state index contributed by atoms with van der Waals surface area (Å²) in [5.74, 6) is 2.50. The van der Waals surface area contributed by atoms with Crippen molar-refractivity contribution in [3.8, 4) is 0 Å². The number of aryl methyl sites for hydroxylation is 1. The zero-order valence-corrected chi connectivity index (χ0v) is 14.1. The summed E-state index contributed by atoms with van der Waals surface area (Å²) in [6.45, 7) is 7.81. The van der Waals surface area contributed by atoms with Crippen molar-refractivity contribution in [1.29, 1.82) is 0 Å². The maximum Gasteiger partial charge on any atom is 0.107 e. The van der Waals surface area contributed by atoms with Crippen molar-refractivity contribution in [1.82, 2.24) is 14.5 Å². The van der Waals surface area contributed by atoms with E-state index in [1.807, 2.05) is 23.8 Å². The lowest BCUT2D eigenvalue weighted by atomic mass is 9.91. The lowest BCUT2D eigenvalue weighted by Gasteiger charge is -2.38. The van der Waals surface area contributed by atoms with Crippen molar-refractivity contribution in [3.05, 3.63) is 42.4 Å². The SMILES string of the molecule is Cc1ccc([C@H](C)CCN2CCC(O)(Cn3ccnc3)CC2)o1. The molecule has 3 heterocycles. The highest BCUT2D eigenvalue weighted by Gasteiger charge is 2.32. The first-order valence-electron chi connectivity index (χ1n) is 8.51. The second-order valence-corrected chi connectivity index (χ2v) is 6.94. The third-order valence-corrected chi connectivity index (χ3v) is 4.95. The van der Waals surface area contributed by atoms with Gasteiger partial charge in [-0.25, -0.2) is 4.98 Å². The van der Waals surface area contributed by atoms with E-state index in [-0.39, 0.29) is 0 Å². The Hall–Kier alpha value is -1.59. The molecule has 0 aromatic carbocycles. The summed E-state index contributed by atoms with van der Waals surface area (Å²) >= 11 is 0. The Morgan fingerprint density at radius 3 is 2.74 bits per heavy atom. The minimum absolute atomic E-state index is 0.440. The van der Waals surface area contributed by atoms with Gasteiger partial charge in [-0.05, 0) is 44.9 Å². The smallest absolute Gasteiger partial charge is 0.107 e. The molecular formula is C18H27N3O2. The van der Waals surface area contributed by atoms with Crippen LogP contribution in [0.15, 0.2) is 35.3 Å². The van der Waals surface area contributed by atoms with E-state index in [9.17, 15) is 5.11 Å². The third kappa shape index (κ3) is 4.24. The van der Waals surface area contributed by atoms with Crippen LogP contribution in [-0.2, 0) is 6.54 Å². The fourth-order valence-corrected chi connectivity index (χ4v) is 3.31. The summed E-state index contributed by atoms with van der Waals surface area (Å²) in [7, 11) is 0. The molecule has 0 unspecified atom stereocenters. The lowest BCUT2D eigenvalue weighted by Crippen LogP contribution is -2.47. The number of nitrogens with zero attached hydrogens (tertiary/aromatic N) is 3. The monoisotopic (exact) mass is 317 g/mol. The Kier molecular flexibility index (Phi) is 4.87. The average Bonchev–Trinajstić information content (AvgIpc) is 3.18. The highest BCUT2D eigenvalue weighted by atomic mass is 16.3. The van der Waals surface area contributed by atoms with E-state index < -0.39 is 5.60 Å². The zero-order chi connectivity index (χ0) is 16.3. The molecule has 5 heteroatoms. The molecule has 2 aromatic heterocycles. The van der Waals surface area contributed by atoms with Gasteiger partial charge >= 0.3 is 0 Å². The van der Waals surface area contributed by atoms with Gasteiger partial charge in [0.15, 0.2) is 0 Å². The molecule has 0 saturated carbocycles. The molecular weight excluding hydrogens is 290 g/mol. The number of piperidine rings is 1. The number of aliphatic hydroxyl groups is 1. The molecule has 0 aliphatic carbocycles. The molecule has 1 saturated heterocycles. The fraction of sp³-hybridized carbons (Fsp3) is 0.611. The Balaban J connectivity index is 1.44. The fourth-order valence-electron chi connectivity index (χ4n) is 3.31. The molecule has 0 spiro atoms. The van der Waals surface area contributed by atoms with Crippen molar-refractivity contribution in [2.75, 3.05) is 19.6 Å². The minimum atomic E-state index is -0.596. The summed E-state index contributed by atoms with van der Waals surface area (Å²) in [6, 6.07) is 4.11. The number of rotatable bonds is 6. The summed E-state index contributed by atoms with van der Waals surface area (Å²) in [5, 5.41) is 10.7. The van der Waals surface area contributed by atoms with E-state index in [4.69, 9.17) is 4.42 Å². The van der Waals surface area contributed by atoms with Gasteiger partial charge in [-0.1, -0.05) is 6.92 Å². The third-order valence-electron chi connectivity index (χ3n) is 4.95. The van der Waals surface area contributed by atoms with Gasteiger partial charge in [-0.2, -0.15) is 0 Å². The first-order valence-corrected chi connectivity index (χ1v) is 8.51. The van der Waals surface area contributed by atoms with E-state index in [0.29, 0.717) is 12.5 Å². The van der Waals surface area contributed by atoms with Gasteiger partial charge in [0.05, 0.1) is 18.5 Å². The van der Waals surface area contributed by atoms with Crippen LogP contribution in [0, 0.1) is 6.92 Å². The van der Waals surface area contributed by atoms with Gasteiger partial charge in [0.1, 0.15) is 11.5 Å². The van der Waals surface area contributed by atoms with Gasteiger partial charge in [-0.3, -0.25) is 0 Å². The molecule has 126 valence electrons. The molecule has 1 atom stereocenters. The van der Waals surface area contributed by atoms with Crippen LogP contribution >= 0.6 is 0 Å². The highest BCUT2D eigenvalue weighted by Crippen LogP contribution is 2.26. The number of hydrogen-bond acceptors (Lipinski definition) is 4. The van der Waals surface area contributed by atoms with Gasteiger partial charge in [-0.15, -0.1) is 0 Å². The standard InChI is InChI=1S/C18H27N3O2/c1-15(17-4-3-16(2)23-17)5-9-20-10-6-18(22,7-11-20)13-21-12-8-19-14-21/h3-4,8,12,14-15,22H,5-7,9-11,13H2,1-2H3/t15-/m1/s1. The number of hydrogen-bond donors (Lipinski definition) is 1. The summed E-state index contributed by atoms with van der Waals surface area (Å²) in [6.07, 6.45) is 8.18. The summed E-state index contributed by atoms with van der Waals surface area (Å²) < 4.78 is 7.68. The second kappa shape index (κ2) is 6.89. The topological polar surface area (TPSA) is 54.4 Å². The Morgan fingerprint density at radius 1 is 1.35 bits per heavy atom. The number of aromatic nitrogens is 2. The normalized spacial score (nSPS) is 19.8. The summed E-state index contributed by atoms with van der Waals surface area (Å²) in [5.41, 5.74) is -0.596. The van der Waals surface area contributed by atoms with E-state index in [2.05, 4.69) is 22.9 Å². The molecule has 5 nitrogen and oxygen atoms in total. The van der Waals surface area contributed by atoms with Crippen LogP contribution in [0.4, 0.5) is 0 Å². The molecule has 0 amide bonds. The minimum Gasteiger partial charge on any atom is -0.466 e. The maximum atomic E-state index is 10.7. The number of imidazole rings is 1. The highest BCUT2D eigenvalue weighted by molar-refractivity contribution is 5.09. The van der Waals surface area contributed by atoms with E-state index >= 15 is 0 Å². The molecule has 3 rings (SSSR count). The Bertz CT molecular complexity index is 598. The Morgan fingerprint density at radius 2 is 2.13 bits per heavy atom. The molecule has 1 N–H and O–H groups in total. The average molecular weight is 317 g/mol. The molecule has 1 fully saturated rings. The van der Waals surface area contributed by atoms with Gasteiger partial charge in [0, 0.05) is 31.4 Å². The van der Waals surface area contributed by atoms with Crippen LogP contribution in [0.3, 0.4) is 0 Å². The number of likely N-dealkylation sites (tertiary alicyclic amines) is 1. The second-order valence-electron chi connectivity index (χ2n) is 6.94. The van der Waals surface area contributed by atoms with Crippen molar-refractivity contribution in [3.63, 3.8) is 0 Å². The largest absolute Gasteiger partial charge is 0.466 e. The van der Waals surface area contributed by atoms with Crippen LogP contribution < -0.4 is 0 Å². The van der Waals surface area contributed by atoms with Gasteiger partial charge < -0.3 is 19.0 Å². The van der Waals surface area contributed by atoms with Crippen LogP contribution in [0.5, 0.6) is 0 Å². The first kappa shape index (κ1) is 16.3. The van der Waals surface area contributed by atoms with Crippen molar-refractivity contribution >= 4 is 0 Å². The molecule has 23 heavy (non-hydrogen) atoms. The van der Waals surface area contributed by atoms with E-state index in [0.717, 1.165) is 50.4 Å². The summed E-state index contributed by atoms with van der Waals surface area (Å²) in [4.78, 5) is 6.50. The predicted molar refractivity (Wildman–Crippen MR) is 89.3 cm³/mol. The molecule has 0 radical (unpaired) electrons.